The van der Waals surface area contributed by atoms with Crippen LogP contribution in [0.15, 0.2) is 0 Å². The Kier molecular flexibility index (Phi) is 1.54. The molecule has 2 aliphatic rings. The lowest BCUT2D eigenvalue weighted by molar-refractivity contribution is 0.0638. The van der Waals surface area contributed by atoms with Crippen molar-refractivity contribution >= 4 is 0 Å². The zero-order valence-corrected chi connectivity index (χ0v) is 7.51. The zero-order valence-electron chi connectivity index (χ0n) is 7.51. The summed E-state index contributed by atoms with van der Waals surface area (Å²) in [4.78, 5) is 0. The summed E-state index contributed by atoms with van der Waals surface area (Å²) >= 11 is 0. The van der Waals surface area contributed by atoms with E-state index in [1.807, 2.05) is 0 Å². The highest BCUT2D eigenvalue weighted by Crippen LogP contribution is 2.58. The van der Waals surface area contributed by atoms with E-state index in [4.69, 9.17) is 0 Å². The number of aliphatic hydroxyl groups is 1. The standard InChI is InChI=1S/C10H18O/c1-10(2)8-4-3-7(5-8)9(10)6-11/h7-9,11H,3-6H2,1-2H3/t7-,8+,9-/m0/s1. The fourth-order valence-electron chi connectivity index (χ4n) is 3.35. The highest BCUT2D eigenvalue weighted by molar-refractivity contribution is 5.01. The largest absolute Gasteiger partial charge is 0.396 e. The summed E-state index contributed by atoms with van der Waals surface area (Å²) in [7, 11) is 0. The third-order valence-corrected chi connectivity index (χ3v) is 4.25. The van der Waals surface area contributed by atoms with Crippen molar-refractivity contribution in [2.45, 2.75) is 33.1 Å². The van der Waals surface area contributed by atoms with E-state index in [0.717, 1.165) is 11.8 Å². The fourth-order valence-corrected chi connectivity index (χ4v) is 3.35. The molecule has 0 aromatic heterocycles. The summed E-state index contributed by atoms with van der Waals surface area (Å²) in [6.07, 6.45) is 4.17. The van der Waals surface area contributed by atoms with Crippen LogP contribution >= 0.6 is 0 Å². The van der Waals surface area contributed by atoms with Gasteiger partial charge in [-0.15, -0.1) is 0 Å². The van der Waals surface area contributed by atoms with E-state index < -0.39 is 0 Å². The van der Waals surface area contributed by atoms with E-state index in [1.165, 1.54) is 19.3 Å². The van der Waals surface area contributed by atoms with Crippen LogP contribution in [0.5, 0.6) is 0 Å². The monoisotopic (exact) mass is 154 g/mol. The highest BCUT2D eigenvalue weighted by atomic mass is 16.3. The number of aliphatic hydroxyl groups excluding tert-OH is 1. The third kappa shape index (κ3) is 0.868. The number of fused-ring (bicyclic) bond motifs is 2. The molecule has 0 unspecified atom stereocenters. The maximum absolute atomic E-state index is 9.22. The van der Waals surface area contributed by atoms with Gasteiger partial charge < -0.3 is 5.11 Å². The molecule has 0 aliphatic heterocycles. The smallest absolute Gasteiger partial charge is 0.0467 e. The Labute approximate surface area is 68.8 Å². The molecule has 1 nitrogen and oxygen atoms in total. The van der Waals surface area contributed by atoms with Crippen LogP contribution in [0.4, 0.5) is 0 Å². The van der Waals surface area contributed by atoms with Gasteiger partial charge in [0.25, 0.3) is 0 Å². The molecule has 0 spiro atoms. The van der Waals surface area contributed by atoms with Crippen molar-refractivity contribution in [3.8, 4) is 0 Å². The van der Waals surface area contributed by atoms with Crippen molar-refractivity contribution < 1.29 is 5.11 Å². The molecule has 2 fully saturated rings. The van der Waals surface area contributed by atoms with Crippen LogP contribution in [0, 0.1) is 23.2 Å². The van der Waals surface area contributed by atoms with Gasteiger partial charge in [0.15, 0.2) is 0 Å². The van der Waals surface area contributed by atoms with Gasteiger partial charge in [-0.25, -0.2) is 0 Å². The Bertz CT molecular complexity index is 162. The molecular formula is C10H18O. The van der Waals surface area contributed by atoms with Gasteiger partial charge in [-0.2, -0.15) is 0 Å². The SMILES string of the molecule is CC1(C)[C@@H]2CC[C@@H](C2)[C@@H]1CO. The molecule has 0 aromatic carbocycles. The summed E-state index contributed by atoms with van der Waals surface area (Å²) in [5, 5.41) is 9.22. The van der Waals surface area contributed by atoms with Crippen molar-refractivity contribution in [2.75, 3.05) is 6.61 Å². The Balaban J connectivity index is 2.21. The van der Waals surface area contributed by atoms with Crippen LogP contribution < -0.4 is 0 Å². The third-order valence-electron chi connectivity index (χ3n) is 4.25. The lowest BCUT2D eigenvalue weighted by atomic mass is 9.69. The first-order chi connectivity index (χ1) is 5.16. The van der Waals surface area contributed by atoms with Crippen molar-refractivity contribution in [3.63, 3.8) is 0 Å². The molecule has 0 saturated heterocycles. The molecule has 2 rings (SSSR count). The minimum absolute atomic E-state index is 0.411. The van der Waals surface area contributed by atoms with Crippen LogP contribution in [-0.2, 0) is 0 Å². The van der Waals surface area contributed by atoms with Crippen molar-refractivity contribution in [1.82, 2.24) is 0 Å². The van der Waals surface area contributed by atoms with E-state index in [9.17, 15) is 5.11 Å². The number of rotatable bonds is 1. The lowest BCUT2D eigenvalue weighted by Gasteiger charge is -2.37. The van der Waals surface area contributed by atoms with Gasteiger partial charge in [-0.3, -0.25) is 0 Å². The molecular weight excluding hydrogens is 136 g/mol. The van der Waals surface area contributed by atoms with Gasteiger partial charge >= 0.3 is 0 Å². The Morgan fingerprint density at radius 2 is 2.09 bits per heavy atom. The van der Waals surface area contributed by atoms with E-state index >= 15 is 0 Å². The minimum Gasteiger partial charge on any atom is -0.396 e. The van der Waals surface area contributed by atoms with Gasteiger partial charge in [0, 0.05) is 6.61 Å². The molecule has 2 bridgehead atoms. The molecule has 1 heteroatoms. The number of hydrogen-bond donors (Lipinski definition) is 1. The average Bonchev–Trinajstić information content (AvgIpc) is 2.44. The average molecular weight is 154 g/mol. The molecule has 64 valence electrons. The first kappa shape index (κ1) is 7.60. The molecule has 2 saturated carbocycles. The van der Waals surface area contributed by atoms with Crippen LogP contribution in [0.2, 0.25) is 0 Å². The molecule has 3 atom stereocenters. The molecule has 0 aromatic rings. The maximum atomic E-state index is 9.22. The van der Waals surface area contributed by atoms with Gasteiger partial charge in [-0.1, -0.05) is 13.8 Å². The molecule has 0 heterocycles. The Morgan fingerprint density at radius 3 is 2.45 bits per heavy atom. The second kappa shape index (κ2) is 2.22. The topological polar surface area (TPSA) is 20.2 Å². The van der Waals surface area contributed by atoms with Crippen LogP contribution in [0.25, 0.3) is 0 Å². The summed E-state index contributed by atoms with van der Waals surface area (Å²) in [6.45, 7) is 5.07. The van der Waals surface area contributed by atoms with Crippen molar-refractivity contribution in [1.29, 1.82) is 0 Å². The molecule has 2 aliphatic carbocycles. The first-order valence-corrected chi connectivity index (χ1v) is 4.77. The summed E-state index contributed by atoms with van der Waals surface area (Å²) in [6, 6.07) is 0. The van der Waals surface area contributed by atoms with E-state index in [-0.39, 0.29) is 0 Å². The van der Waals surface area contributed by atoms with Crippen LogP contribution in [0.3, 0.4) is 0 Å². The molecule has 0 amide bonds. The maximum Gasteiger partial charge on any atom is 0.0467 e. The Morgan fingerprint density at radius 1 is 1.36 bits per heavy atom. The van der Waals surface area contributed by atoms with Gasteiger partial charge in [-0.05, 0) is 42.4 Å². The minimum atomic E-state index is 0.411. The molecule has 0 radical (unpaired) electrons. The predicted octanol–water partition coefficient (Wildman–Crippen LogP) is 2.05. The Hall–Kier alpha value is -0.0400. The highest BCUT2D eigenvalue weighted by Gasteiger charge is 2.51. The molecule has 11 heavy (non-hydrogen) atoms. The summed E-state index contributed by atoms with van der Waals surface area (Å²) in [5.74, 6) is 2.35. The molecule has 1 N–H and O–H groups in total. The first-order valence-electron chi connectivity index (χ1n) is 4.77. The van der Waals surface area contributed by atoms with E-state index in [0.29, 0.717) is 17.9 Å². The zero-order chi connectivity index (χ0) is 8.06. The quantitative estimate of drug-likeness (QED) is 0.613. The van der Waals surface area contributed by atoms with Crippen LogP contribution in [0.1, 0.15) is 33.1 Å². The van der Waals surface area contributed by atoms with Gasteiger partial charge in [0.05, 0.1) is 0 Å². The number of hydrogen-bond acceptors (Lipinski definition) is 1. The van der Waals surface area contributed by atoms with E-state index in [1.54, 1.807) is 0 Å². The van der Waals surface area contributed by atoms with E-state index in [2.05, 4.69) is 13.8 Å². The lowest BCUT2D eigenvalue weighted by Crippen LogP contribution is -2.32. The van der Waals surface area contributed by atoms with Crippen molar-refractivity contribution in [3.05, 3.63) is 0 Å². The summed E-state index contributed by atoms with van der Waals surface area (Å²) in [5.41, 5.74) is 0.428. The van der Waals surface area contributed by atoms with Gasteiger partial charge in [0.2, 0.25) is 0 Å². The predicted molar refractivity (Wildman–Crippen MR) is 45.2 cm³/mol. The van der Waals surface area contributed by atoms with Crippen LogP contribution in [-0.4, -0.2) is 11.7 Å². The summed E-state index contributed by atoms with van der Waals surface area (Å²) < 4.78 is 0. The van der Waals surface area contributed by atoms with Gasteiger partial charge in [0.1, 0.15) is 0 Å². The fraction of sp³-hybridized carbons (Fsp3) is 1.00. The second-order valence-corrected chi connectivity index (χ2v) is 4.88. The van der Waals surface area contributed by atoms with Crippen molar-refractivity contribution in [2.24, 2.45) is 23.2 Å². The second-order valence-electron chi connectivity index (χ2n) is 4.88. The normalized spacial score (nSPS) is 46.6.